The Labute approximate surface area is 161 Å². The van der Waals surface area contributed by atoms with E-state index in [-0.39, 0.29) is 18.4 Å². The lowest BCUT2D eigenvalue weighted by molar-refractivity contribution is -0.117. The molecule has 0 spiro atoms. The minimum atomic E-state index is -0.305. The number of nitrogens with zero attached hydrogens (tertiary/aromatic N) is 7. The van der Waals surface area contributed by atoms with Crippen LogP contribution < -0.4 is 5.32 Å². The monoisotopic (exact) mass is 374 g/mol. The highest BCUT2D eigenvalue weighted by atomic mass is 16.2. The molecule has 0 bridgehead atoms. The summed E-state index contributed by atoms with van der Waals surface area (Å²) in [5, 5.41) is 22.9. The number of carbonyl (C=O) groups excluding carboxylic acids is 1. The average Bonchev–Trinajstić information content (AvgIpc) is 3.33. The van der Waals surface area contributed by atoms with E-state index in [1.807, 2.05) is 60.7 Å². The van der Waals surface area contributed by atoms with Gasteiger partial charge < -0.3 is 5.32 Å². The van der Waals surface area contributed by atoms with Crippen molar-refractivity contribution in [2.45, 2.75) is 12.5 Å². The Bertz CT molecular complexity index is 1020. The smallest absolute Gasteiger partial charge is 0.249 e. The first-order valence-corrected chi connectivity index (χ1v) is 8.73. The van der Waals surface area contributed by atoms with Gasteiger partial charge in [-0.2, -0.15) is 4.80 Å². The van der Waals surface area contributed by atoms with E-state index in [1.54, 1.807) is 13.2 Å². The number of rotatable bonds is 6. The molecule has 0 unspecified atom stereocenters. The Kier molecular flexibility index (Phi) is 4.87. The van der Waals surface area contributed by atoms with Gasteiger partial charge in [-0.05, 0) is 16.3 Å². The van der Waals surface area contributed by atoms with Crippen molar-refractivity contribution in [3.8, 4) is 0 Å². The summed E-state index contributed by atoms with van der Waals surface area (Å²) in [5.41, 5.74) is 2.11. The van der Waals surface area contributed by atoms with Gasteiger partial charge in [0.1, 0.15) is 6.54 Å². The fraction of sp³-hybridized carbons (Fsp3) is 0.158. The van der Waals surface area contributed by atoms with Crippen LogP contribution in [0.5, 0.6) is 0 Å². The van der Waals surface area contributed by atoms with Crippen LogP contribution in [-0.2, 0) is 18.4 Å². The van der Waals surface area contributed by atoms with E-state index < -0.39 is 0 Å². The molecule has 0 atom stereocenters. The predicted molar refractivity (Wildman–Crippen MR) is 101 cm³/mol. The van der Waals surface area contributed by atoms with Gasteiger partial charge in [0.05, 0.1) is 12.1 Å². The first-order valence-electron chi connectivity index (χ1n) is 8.73. The summed E-state index contributed by atoms with van der Waals surface area (Å²) in [6, 6.07) is 19.9. The summed E-state index contributed by atoms with van der Waals surface area (Å²) in [7, 11) is 1.72. The van der Waals surface area contributed by atoms with Gasteiger partial charge in [0.2, 0.25) is 5.91 Å². The summed E-state index contributed by atoms with van der Waals surface area (Å²) < 4.78 is 1.51. The molecule has 1 N–H and O–H groups in total. The molecule has 0 saturated heterocycles. The molecule has 4 aromatic rings. The number of nitrogens with one attached hydrogen (secondary N) is 1. The number of hydrogen-bond donors (Lipinski definition) is 1. The molecule has 9 heteroatoms. The van der Waals surface area contributed by atoms with Gasteiger partial charge in [-0.3, -0.25) is 9.48 Å². The van der Waals surface area contributed by atoms with Crippen molar-refractivity contribution >= 4 is 11.7 Å². The van der Waals surface area contributed by atoms with Crippen LogP contribution in [0.4, 0.5) is 5.82 Å². The molecule has 2 aromatic carbocycles. The van der Waals surface area contributed by atoms with Crippen molar-refractivity contribution in [2.75, 3.05) is 5.32 Å². The highest BCUT2D eigenvalue weighted by molar-refractivity contribution is 5.89. The van der Waals surface area contributed by atoms with Crippen molar-refractivity contribution in [3.05, 3.63) is 83.8 Å². The van der Waals surface area contributed by atoms with Crippen molar-refractivity contribution in [1.82, 2.24) is 35.2 Å². The Hall–Kier alpha value is -3.88. The molecule has 4 rings (SSSR count). The third-order valence-corrected chi connectivity index (χ3v) is 4.15. The van der Waals surface area contributed by atoms with Crippen LogP contribution in [0.25, 0.3) is 0 Å². The summed E-state index contributed by atoms with van der Waals surface area (Å²) in [5.74, 6) is 0.434. The molecule has 0 radical (unpaired) electrons. The van der Waals surface area contributed by atoms with Crippen LogP contribution in [0.1, 0.15) is 22.9 Å². The lowest BCUT2D eigenvalue weighted by Crippen LogP contribution is -2.21. The standard InChI is InChI=1S/C19H18N8O/c1-26-12-16(21-24-26)20-17(28)13-27-23-19(22-25-27)18(14-8-4-2-5-9-14)15-10-6-3-7-11-15/h2-12,18H,13H2,1H3,(H,20,28). The maximum Gasteiger partial charge on any atom is 0.249 e. The molecule has 0 fully saturated rings. The van der Waals surface area contributed by atoms with Crippen LogP contribution in [0, 0.1) is 0 Å². The number of aromatic nitrogens is 7. The largest absolute Gasteiger partial charge is 0.306 e. The first kappa shape index (κ1) is 17.5. The van der Waals surface area contributed by atoms with Crippen LogP contribution in [0.15, 0.2) is 66.9 Å². The van der Waals surface area contributed by atoms with Crippen LogP contribution >= 0.6 is 0 Å². The van der Waals surface area contributed by atoms with Gasteiger partial charge in [-0.25, -0.2) is 0 Å². The number of anilines is 1. The van der Waals surface area contributed by atoms with Crippen molar-refractivity contribution in [3.63, 3.8) is 0 Å². The van der Waals surface area contributed by atoms with Crippen molar-refractivity contribution < 1.29 is 4.79 Å². The van der Waals surface area contributed by atoms with E-state index >= 15 is 0 Å². The Morgan fingerprint density at radius 3 is 2.18 bits per heavy atom. The first-order chi connectivity index (χ1) is 13.7. The molecule has 2 heterocycles. The Balaban J connectivity index is 1.56. The SMILES string of the molecule is Cn1cc(NC(=O)Cn2nnc(C(c3ccccc3)c3ccccc3)n2)nn1. The minimum absolute atomic E-state index is 0.0696. The summed E-state index contributed by atoms with van der Waals surface area (Å²) in [6.07, 6.45) is 1.61. The number of hydrogen-bond acceptors (Lipinski definition) is 6. The lowest BCUT2D eigenvalue weighted by Gasteiger charge is -2.14. The Morgan fingerprint density at radius 2 is 1.61 bits per heavy atom. The molecule has 0 aliphatic carbocycles. The third kappa shape index (κ3) is 3.93. The molecule has 1 amide bonds. The number of amides is 1. The van der Waals surface area contributed by atoms with Crippen molar-refractivity contribution in [1.29, 1.82) is 0 Å². The maximum absolute atomic E-state index is 12.2. The highest BCUT2D eigenvalue weighted by Crippen LogP contribution is 2.28. The second kappa shape index (κ2) is 7.78. The predicted octanol–water partition coefficient (Wildman–Crippen LogP) is 1.62. The molecule has 0 saturated carbocycles. The topological polar surface area (TPSA) is 103 Å². The molecule has 0 aliphatic heterocycles. The third-order valence-electron chi connectivity index (χ3n) is 4.15. The zero-order valence-corrected chi connectivity index (χ0v) is 15.2. The van der Waals surface area contributed by atoms with Crippen LogP contribution in [0.3, 0.4) is 0 Å². The second-order valence-electron chi connectivity index (χ2n) is 6.26. The van der Waals surface area contributed by atoms with Crippen LogP contribution in [-0.4, -0.2) is 41.1 Å². The van der Waals surface area contributed by atoms with E-state index in [0.717, 1.165) is 11.1 Å². The van der Waals surface area contributed by atoms with E-state index in [2.05, 4.69) is 31.0 Å². The van der Waals surface area contributed by atoms with Gasteiger partial charge in [-0.1, -0.05) is 65.9 Å². The molecule has 2 aromatic heterocycles. The molecule has 9 nitrogen and oxygen atoms in total. The van der Waals surface area contributed by atoms with Crippen LogP contribution in [0.2, 0.25) is 0 Å². The number of aryl methyl sites for hydroxylation is 1. The van der Waals surface area contributed by atoms with E-state index in [4.69, 9.17) is 0 Å². The van der Waals surface area contributed by atoms with Gasteiger partial charge in [0.15, 0.2) is 11.6 Å². The molecule has 140 valence electrons. The summed E-state index contributed by atoms with van der Waals surface area (Å²) >= 11 is 0. The second-order valence-corrected chi connectivity index (χ2v) is 6.26. The average molecular weight is 374 g/mol. The molecular formula is C19H18N8O. The normalized spacial score (nSPS) is 10.9. The zero-order valence-electron chi connectivity index (χ0n) is 15.2. The lowest BCUT2D eigenvalue weighted by atomic mass is 9.91. The highest BCUT2D eigenvalue weighted by Gasteiger charge is 2.22. The van der Waals surface area contributed by atoms with Gasteiger partial charge in [0.25, 0.3) is 0 Å². The summed E-state index contributed by atoms with van der Waals surface area (Å²) in [4.78, 5) is 13.5. The number of carbonyl (C=O) groups is 1. The zero-order chi connectivity index (χ0) is 19.3. The number of benzene rings is 2. The van der Waals surface area contributed by atoms with E-state index in [9.17, 15) is 4.79 Å². The van der Waals surface area contributed by atoms with Gasteiger partial charge >= 0.3 is 0 Å². The van der Waals surface area contributed by atoms with E-state index in [0.29, 0.717) is 11.6 Å². The van der Waals surface area contributed by atoms with E-state index in [1.165, 1.54) is 9.48 Å². The molecule has 0 aliphatic rings. The maximum atomic E-state index is 12.2. The minimum Gasteiger partial charge on any atom is -0.306 e. The Morgan fingerprint density at radius 1 is 0.964 bits per heavy atom. The van der Waals surface area contributed by atoms with Gasteiger partial charge in [0, 0.05) is 7.05 Å². The van der Waals surface area contributed by atoms with Gasteiger partial charge in [-0.15, -0.1) is 15.3 Å². The fourth-order valence-corrected chi connectivity index (χ4v) is 2.94. The summed E-state index contributed by atoms with van der Waals surface area (Å²) in [6.45, 7) is -0.0696. The quantitative estimate of drug-likeness (QED) is 0.550. The van der Waals surface area contributed by atoms with Crippen molar-refractivity contribution in [2.24, 2.45) is 7.05 Å². The molecule has 28 heavy (non-hydrogen) atoms. The molecular weight excluding hydrogens is 356 g/mol. The number of tetrazole rings is 1. The fourth-order valence-electron chi connectivity index (χ4n) is 2.94.